The van der Waals surface area contributed by atoms with Crippen molar-refractivity contribution in [2.75, 3.05) is 11.9 Å². The molecule has 0 spiro atoms. The Morgan fingerprint density at radius 3 is 2.67 bits per heavy atom. The van der Waals surface area contributed by atoms with Crippen molar-refractivity contribution >= 4 is 23.4 Å². The Hall–Kier alpha value is -3.06. The molecule has 1 N–H and O–H groups in total. The molecular weight excluding hydrogens is 362 g/mol. The molecular formula is C20H17N3O3S. The number of nitrogens with one attached hydrogen (secondary N) is 1. The summed E-state index contributed by atoms with van der Waals surface area (Å²) >= 11 is 1.47. The van der Waals surface area contributed by atoms with Crippen LogP contribution in [0.2, 0.25) is 0 Å². The highest BCUT2D eigenvalue weighted by Gasteiger charge is 2.27. The van der Waals surface area contributed by atoms with Gasteiger partial charge in [0.2, 0.25) is 6.10 Å². The molecule has 1 aliphatic heterocycles. The average molecular weight is 379 g/mol. The van der Waals surface area contributed by atoms with Crippen molar-refractivity contribution in [1.29, 1.82) is 0 Å². The highest BCUT2D eigenvalue weighted by Crippen LogP contribution is 2.32. The summed E-state index contributed by atoms with van der Waals surface area (Å²) in [6.07, 6.45) is 2.73. The maximum atomic E-state index is 12.6. The third-order valence-corrected chi connectivity index (χ3v) is 4.89. The average Bonchev–Trinajstić information content (AvgIpc) is 2.70. The van der Waals surface area contributed by atoms with E-state index in [1.807, 2.05) is 43.3 Å². The number of rotatable bonds is 4. The minimum atomic E-state index is -0.689. The summed E-state index contributed by atoms with van der Waals surface area (Å²) in [6, 6.07) is 14.9. The van der Waals surface area contributed by atoms with Crippen LogP contribution < -0.4 is 14.8 Å². The number of aromatic nitrogens is 2. The van der Waals surface area contributed by atoms with Gasteiger partial charge in [0.1, 0.15) is 6.61 Å². The first kappa shape index (κ1) is 17.4. The maximum absolute atomic E-state index is 12.6. The fourth-order valence-electron chi connectivity index (χ4n) is 2.65. The first-order valence-electron chi connectivity index (χ1n) is 8.44. The van der Waals surface area contributed by atoms with E-state index in [1.54, 1.807) is 24.5 Å². The molecule has 136 valence electrons. The Labute approximate surface area is 161 Å². The van der Waals surface area contributed by atoms with Crippen LogP contribution in [-0.2, 0) is 4.79 Å². The number of hydrogen-bond acceptors (Lipinski definition) is 6. The molecule has 0 bridgehead atoms. The molecule has 6 nitrogen and oxygen atoms in total. The smallest absolute Gasteiger partial charge is 0.269 e. The topological polar surface area (TPSA) is 73.3 Å². The summed E-state index contributed by atoms with van der Waals surface area (Å²) in [5.74, 6) is 0.997. The monoisotopic (exact) mass is 379 g/mol. The lowest BCUT2D eigenvalue weighted by Gasteiger charge is -2.25. The molecule has 2 heterocycles. The normalized spacial score (nSPS) is 15.2. The predicted octanol–water partition coefficient (Wildman–Crippen LogP) is 3.71. The van der Waals surface area contributed by atoms with Crippen molar-refractivity contribution in [2.45, 2.75) is 23.1 Å². The third-order valence-electron chi connectivity index (χ3n) is 4.01. The van der Waals surface area contributed by atoms with Crippen molar-refractivity contribution in [1.82, 2.24) is 9.97 Å². The van der Waals surface area contributed by atoms with Crippen molar-refractivity contribution in [3.8, 4) is 11.5 Å². The van der Waals surface area contributed by atoms with E-state index in [9.17, 15) is 4.79 Å². The summed E-state index contributed by atoms with van der Waals surface area (Å²) in [4.78, 5) is 22.0. The number of amides is 1. The SMILES string of the molecule is Cc1cc(Sc2ncccn2)ccc1NC(=O)C1COc2ccccc2O1. The molecule has 7 heteroatoms. The van der Waals surface area contributed by atoms with Crippen molar-refractivity contribution in [2.24, 2.45) is 0 Å². The second kappa shape index (κ2) is 7.67. The van der Waals surface area contributed by atoms with Gasteiger partial charge >= 0.3 is 0 Å². The molecule has 1 unspecified atom stereocenters. The van der Waals surface area contributed by atoms with E-state index < -0.39 is 6.10 Å². The first-order valence-corrected chi connectivity index (χ1v) is 9.25. The largest absolute Gasteiger partial charge is 0.485 e. The molecule has 0 fully saturated rings. The van der Waals surface area contributed by atoms with Gasteiger partial charge in [-0.2, -0.15) is 0 Å². The predicted molar refractivity (Wildman–Crippen MR) is 102 cm³/mol. The molecule has 2 aromatic carbocycles. The van der Waals surface area contributed by atoms with Gasteiger partial charge in [0.15, 0.2) is 16.7 Å². The zero-order valence-corrected chi connectivity index (χ0v) is 15.4. The van der Waals surface area contributed by atoms with Crippen LogP contribution in [0, 0.1) is 6.92 Å². The van der Waals surface area contributed by atoms with Crippen LogP contribution in [0.5, 0.6) is 11.5 Å². The van der Waals surface area contributed by atoms with Gasteiger partial charge in [0, 0.05) is 23.0 Å². The Kier molecular flexibility index (Phi) is 4.93. The van der Waals surface area contributed by atoms with Gasteiger partial charge in [0.25, 0.3) is 5.91 Å². The van der Waals surface area contributed by atoms with E-state index in [0.29, 0.717) is 16.7 Å². The van der Waals surface area contributed by atoms with E-state index >= 15 is 0 Å². The van der Waals surface area contributed by atoms with E-state index in [1.165, 1.54) is 11.8 Å². The number of carbonyl (C=O) groups is 1. The molecule has 1 aliphatic rings. The summed E-state index contributed by atoms with van der Waals surface area (Å²) < 4.78 is 11.4. The lowest BCUT2D eigenvalue weighted by atomic mass is 10.2. The van der Waals surface area contributed by atoms with Gasteiger partial charge < -0.3 is 14.8 Å². The number of carbonyl (C=O) groups excluding carboxylic acids is 1. The number of ether oxygens (including phenoxy) is 2. The van der Waals surface area contributed by atoms with Crippen LogP contribution >= 0.6 is 11.8 Å². The second-order valence-electron chi connectivity index (χ2n) is 5.96. The molecule has 0 saturated carbocycles. The fourth-order valence-corrected chi connectivity index (χ4v) is 3.46. The number of anilines is 1. The lowest BCUT2D eigenvalue weighted by Crippen LogP contribution is -2.40. The molecule has 1 atom stereocenters. The van der Waals surface area contributed by atoms with E-state index in [-0.39, 0.29) is 12.5 Å². The Morgan fingerprint density at radius 2 is 1.89 bits per heavy atom. The zero-order chi connectivity index (χ0) is 18.6. The lowest BCUT2D eigenvalue weighted by molar-refractivity contribution is -0.125. The number of para-hydroxylation sites is 2. The van der Waals surface area contributed by atoms with Gasteiger partial charge in [-0.15, -0.1) is 0 Å². The Balaban J connectivity index is 1.43. The minimum Gasteiger partial charge on any atom is -0.485 e. The molecule has 1 aromatic heterocycles. The quantitative estimate of drug-likeness (QED) is 0.697. The summed E-state index contributed by atoms with van der Waals surface area (Å²) in [6.45, 7) is 2.13. The number of benzene rings is 2. The number of fused-ring (bicyclic) bond motifs is 1. The fraction of sp³-hybridized carbons (Fsp3) is 0.150. The summed E-state index contributed by atoms with van der Waals surface area (Å²) in [7, 11) is 0. The van der Waals surface area contributed by atoms with Crippen LogP contribution in [0.1, 0.15) is 5.56 Å². The van der Waals surface area contributed by atoms with Crippen molar-refractivity contribution < 1.29 is 14.3 Å². The minimum absolute atomic E-state index is 0.182. The van der Waals surface area contributed by atoms with E-state index in [0.717, 1.165) is 16.1 Å². The molecule has 0 saturated heterocycles. The summed E-state index contributed by atoms with van der Waals surface area (Å²) in [5.41, 5.74) is 1.68. The Morgan fingerprint density at radius 1 is 1.11 bits per heavy atom. The van der Waals surface area contributed by atoms with Gasteiger partial charge in [-0.3, -0.25) is 4.79 Å². The molecule has 1 amide bonds. The van der Waals surface area contributed by atoms with E-state index in [4.69, 9.17) is 9.47 Å². The van der Waals surface area contributed by atoms with Gasteiger partial charge in [0.05, 0.1) is 0 Å². The second-order valence-corrected chi connectivity index (χ2v) is 7.00. The van der Waals surface area contributed by atoms with Gasteiger partial charge in [-0.05, 0) is 60.6 Å². The van der Waals surface area contributed by atoms with Crippen LogP contribution in [0.4, 0.5) is 5.69 Å². The maximum Gasteiger partial charge on any atom is 0.269 e. The van der Waals surface area contributed by atoms with Crippen LogP contribution in [0.15, 0.2) is 71.0 Å². The Bertz CT molecular complexity index is 966. The number of hydrogen-bond donors (Lipinski definition) is 1. The van der Waals surface area contributed by atoms with E-state index in [2.05, 4.69) is 15.3 Å². The van der Waals surface area contributed by atoms with Crippen molar-refractivity contribution in [3.63, 3.8) is 0 Å². The molecule has 4 rings (SSSR count). The highest BCUT2D eigenvalue weighted by molar-refractivity contribution is 7.99. The van der Waals surface area contributed by atoms with Crippen LogP contribution in [0.3, 0.4) is 0 Å². The zero-order valence-electron chi connectivity index (χ0n) is 14.6. The number of aryl methyl sites for hydroxylation is 1. The van der Waals surface area contributed by atoms with Gasteiger partial charge in [-0.1, -0.05) is 12.1 Å². The van der Waals surface area contributed by atoms with Crippen molar-refractivity contribution in [3.05, 3.63) is 66.5 Å². The van der Waals surface area contributed by atoms with Gasteiger partial charge in [-0.25, -0.2) is 9.97 Å². The molecule has 27 heavy (non-hydrogen) atoms. The first-order chi connectivity index (χ1) is 13.2. The number of nitrogens with zero attached hydrogens (tertiary/aromatic N) is 2. The van der Waals surface area contributed by atoms with Crippen LogP contribution in [0.25, 0.3) is 0 Å². The molecule has 0 radical (unpaired) electrons. The molecule has 3 aromatic rings. The highest BCUT2D eigenvalue weighted by atomic mass is 32.2. The standard InChI is InChI=1S/C20H17N3O3S/c1-13-11-14(27-20-21-9-4-10-22-20)7-8-15(13)23-19(24)18-12-25-16-5-2-3-6-17(16)26-18/h2-11,18H,12H2,1H3,(H,23,24). The third kappa shape index (κ3) is 4.03. The van der Waals surface area contributed by atoms with Crippen LogP contribution in [-0.4, -0.2) is 28.6 Å². The molecule has 0 aliphatic carbocycles. The summed E-state index contributed by atoms with van der Waals surface area (Å²) in [5, 5.41) is 3.60.